The Morgan fingerprint density at radius 2 is 2.19 bits per heavy atom. The highest BCUT2D eigenvalue weighted by molar-refractivity contribution is 5.95. The Labute approximate surface area is 100.0 Å². The lowest BCUT2D eigenvalue weighted by Gasteiger charge is -2.06. The van der Waals surface area contributed by atoms with Crippen LogP contribution in [0, 0.1) is 5.39 Å². The van der Waals surface area contributed by atoms with Gasteiger partial charge in [-0.1, -0.05) is 24.8 Å². The minimum Gasteiger partial charge on any atom is -1.00 e. The number of carbonyl (C=O) groups is 1. The lowest BCUT2D eigenvalue weighted by atomic mass is 10.2. The Kier molecular flexibility index (Phi) is 5.83. The quantitative estimate of drug-likeness (QED) is 0.420. The SMILES string of the molecule is C=CC(C)OC(=O)c1ccccc1[N+]#N.[Cl-]. The Bertz CT molecular complexity index is 426. The van der Waals surface area contributed by atoms with Gasteiger partial charge in [0.25, 0.3) is 0 Å². The third kappa shape index (κ3) is 3.37. The van der Waals surface area contributed by atoms with Crippen molar-refractivity contribution in [2.24, 2.45) is 0 Å². The van der Waals surface area contributed by atoms with Gasteiger partial charge in [0.15, 0.2) is 10.5 Å². The summed E-state index contributed by atoms with van der Waals surface area (Å²) in [7, 11) is 0. The van der Waals surface area contributed by atoms with Gasteiger partial charge in [-0.15, -0.1) is 0 Å². The fourth-order valence-electron chi connectivity index (χ4n) is 1.01. The molecule has 16 heavy (non-hydrogen) atoms. The molecule has 1 aromatic rings. The maximum Gasteiger partial charge on any atom is 0.399 e. The molecule has 0 saturated carbocycles. The van der Waals surface area contributed by atoms with E-state index in [1.165, 1.54) is 18.2 Å². The zero-order valence-corrected chi connectivity index (χ0v) is 9.52. The van der Waals surface area contributed by atoms with E-state index >= 15 is 0 Å². The van der Waals surface area contributed by atoms with E-state index in [-0.39, 0.29) is 29.8 Å². The number of halogens is 1. The Balaban J connectivity index is 0.00000225. The number of hydrogen-bond acceptors (Lipinski definition) is 3. The molecule has 0 heterocycles. The lowest BCUT2D eigenvalue weighted by Crippen LogP contribution is -3.00. The fourth-order valence-corrected chi connectivity index (χ4v) is 1.01. The fraction of sp³-hybridized carbons (Fsp3) is 0.182. The molecule has 1 rings (SSSR count). The highest BCUT2D eigenvalue weighted by atomic mass is 35.5. The van der Waals surface area contributed by atoms with Crippen LogP contribution in [0.25, 0.3) is 4.98 Å². The molecule has 0 bridgehead atoms. The van der Waals surface area contributed by atoms with Gasteiger partial charge in [0.05, 0.1) is 0 Å². The van der Waals surface area contributed by atoms with Gasteiger partial charge >= 0.3 is 11.7 Å². The predicted molar refractivity (Wildman–Crippen MR) is 56.3 cm³/mol. The molecule has 84 valence electrons. The summed E-state index contributed by atoms with van der Waals surface area (Å²) in [6.07, 6.45) is 1.14. The van der Waals surface area contributed by atoms with Crippen LogP contribution in [0.5, 0.6) is 0 Å². The predicted octanol–water partition coefficient (Wildman–Crippen LogP) is -0.0935. The van der Waals surface area contributed by atoms with Gasteiger partial charge in [-0.25, -0.2) is 4.79 Å². The summed E-state index contributed by atoms with van der Waals surface area (Å²) in [5.41, 5.74) is 0.424. The normalized spacial score (nSPS) is 10.5. The summed E-state index contributed by atoms with van der Waals surface area (Å²) in [6.45, 7) is 5.20. The summed E-state index contributed by atoms with van der Waals surface area (Å²) < 4.78 is 5.00. The van der Waals surface area contributed by atoms with Gasteiger partial charge in [0.2, 0.25) is 5.39 Å². The number of nitrogens with zero attached hydrogens (tertiary/aromatic N) is 2. The van der Waals surface area contributed by atoms with Gasteiger partial charge < -0.3 is 17.1 Å². The number of ether oxygens (including phenoxy) is 1. The maximum absolute atomic E-state index is 11.6. The zero-order valence-electron chi connectivity index (χ0n) is 8.76. The first-order valence-electron chi connectivity index (χ1n) is 4.46. The monoisotopic (exact) mass is 238 g/mol. The van der Waals surface area contributed by atoms with Gasteiger partial charge in [-0.2, -0.15) is 0 Å². The smallest absolute Gasteiger partial charge is 0.399 e. The number of carbonyl (C=O) groups excluding carboxylic acids is 1. The molecule has 0 spiro atoms. The summed E-state index contributed by atoms with van der Waals surface area (Å²) in [5, 5.41) is 8.66. The first kappa shape index (κ1) is 14.1. The summed E-state index contributed by atoms with van der Waals surface area (Å²) in [6, 6.07) is 6.40. The Hall–Kier alpha value is -1.86. The molecule has 1 aromatic carbocycles. The topological polar surface area (TPSA) is 54.5 Å². The standard InChI is InChI=1S/C11H11N2O2.ClH/c1-3-8(2)15-11(14)9-6-4-5-7-10(9)13-12;/h3-8H,1H2,2H3;1H/q+1;/p-1. The third-order valence-corrected chi connectivity index (χ3v) is 1.86. The molecule has 1 atom stereocenters. The van der Waals surface area contributed by atoms with Crippen LogP contribution in [0.2, 0.25) is 0 Å². The second kappa shape index (κ2) is 6.59. The van der Waals surface area contributed by atoms with E-state index in [0.717, 1.165) is 0 Å². The van der Waals surface area contributed by atoms with Gasteiger partial charge in [-0.3, -0.25) is 0 Å². The van der Waals surface area contributed by atoms with Crippen LogP contribution >= 0.6 is 0 Å². The molecule has 1 unspecified atom stereocenters. The molecule has 5 heteroatoms. The molecule has 0 aromatic heterocycles. The first-order chi connectivity index (χ1) is 7.19. The van der Waals surface area contributed by atoms with Crippen LogP contribution in [0.1, 0.15) is 17.3 Å². The van der Waals surface area contributed by atoms with Gasteiger partial charge in [0, 0.05) is 6.07 Å². The van der Waals surface area contributed by atoms with Crippen LogP contribution < -0.4 is 12.4 Å². The van der Waals surface area contributed by atoms with Crippen molar-refractivity contribution in [3.8, 4) is 0 Å². The summed E-state index contributed by atoms with van der Waals surface area (Å²) in [5.74, 6) is -0.532. The molecule has 4 nitrogen and oxygen atoms in total. The maximum atomic E-state index is 11.6. The second-order valence-corrected chi connectivity index (χ2v) is 2.96. The van der Waals surface area contributed by atoms with Crippen molar-refractivity contribution in [3.05, 3.63) is 47.5 Å². The van der Waals surface area contributed by atoms with Crippen LogP contribution in [-0.2, 0) is 4.74 Å². The van der Waals surface area contributed by atoms with Crippen LogP contribution in [-0.4, -0.2) is 12.1 Å². The Morgan fingerprint density at radius 1 is 1.56 bits per heavy atom. The van der Waals surface area contributed by atoms with E-state index in [2.05, 4.69) is 11.6 Å². The summed E-state index contributed by atoms with van der Waals surface area (Å²) >= 11 is 0. The van der Waals surface area contributed by atoms with Gasteiger partial charge in [-0.05, 0) is 13.0 Å². The number of benzene rings is 1. The van der Waals surface area contributed by atoms with Gasteiger partial charge in [0.1, 0.15) is 6.10 Å². The van der Waals surface area contributed by atoms with E-state index in [1.54, 1.807) is 19.1 Å². The molecular formula is C11H11ClN2O2. The molecule has 0 amide bonds. The molecule has 0 aliphatic heterocycles. The average Bonchev–Trinajstić information content (AvgIpc) is 2.28. The molecule has 0 radical (unpaired) electrons. The highest BCUT2D eigenvalue weighted by Gasteiger charge is 2.21. The molecule has 0 N–H and O–H groups in total. The van der Waals surface area contributed by atoms with Crippen molar-refractivity contribution in [2.75, 3.05) is 0 Å². The zero-order chi connectivity index (χ0) is 11.3. The molecule has 0 fully saturated rings. The average molecular weight is 239 g/mol. The number of esters is 1. The van der Waals surface area contributed by atoms with E-state index in [0.29, 0.717) is 0 Å². The lowest BCUT2D eigenvalue weighted by molar-refractivity contribution is -0.0000271. The van der Waals surface area contributed by atoms with Crippen molar-refractivity contribution in [3.63, 3.8) is 0 Å². The van der Waals surface area contributed by atoms with Crippen LogP contribution in [0.3, 0.4) is 0 Å². The van der Waals surface area contributed by atoms with Crippen molar-refractivity contribution >= 4 is 11.7 Å². The van der Waals surface area contributed by atoms with E-state index in [9.17, 15) is 4.79 Å². The number of rotatable bonds is 3. The minimum atomic E-state index is -0.532. The number of hydrogen-bond donors (Lipinski definition) is 0. The molecule has 0 aliphatic rings. The van der Waals surface area contributed by atoms with E-state index in [1.807, 2.05) is 0 Å². The minimum absolute atomic E-state index is 0. The Morgan fingerprint density at radius 3 is 2.75 bits per heavy atom. The second-order valence-electron chi connectivity index (χ2n) is 2.96. The van der Waals surface area contributed by atoms with Crippen molar-refractivity contribution in [1.29, 1.82) is 5.39 Å². The molecule has 0 saturated heterocycles. The molecular weight excluding hydrogens is 228 g/mol. The van der Waals surface area contributed by atoms with E-state index in [4.69, 9.17) is 10.1 Å². The van der Waals surface area contributed by atoms with Crippen LogP contribution in [0.4, 0.5) is 5.69 Å². The third-order valence-electron chi connectivity index (χ3n) is 1.86. The summed E-state index contributed by atoms with van der Waals surface area (Å²) in [4.78, 5) is 14.6. The highest BCUT2D eigenvalue weighted by Crippen LogP contribution is 2.19. The molecule has 0 aliphatic carbocycles. The van der Waals surface area contributed by atoms with Crippen molar-refractivity contribution in [1.82, 2.24) is 0 Å². The van der Waals surface area contributed by atoms with Crippen LogP contribution in [0.15, 0.2) is 36.9 Å². The van der Waals surface area contributed by atoms with Crippen molar-refractivity contribution < 1.29 is 21.9 Å². The first-order valence-corrected chi connectivity index (χ1v) is 4.46. The largest absolute Gasteiger partial charge is 1.00 e. The van der Waals surface area contributed by atoms with E-state index < -0.39 is 5.97 Å². The van der Waals surface area contributed by atoms with Crippen molar-refractivity contribution in [2.45, 2.75) is 13.0 Å². The number of diazo groups is 1.